The lowest BCUT2D eigenvalue weighted by Gasteiger charge is -2.12. The second-order valence-corrected chi connectivity index (χ2v) is 7.49. The SMILES string of the molecule is Cc1ccc(NC(=O)c2ccc3c(=O)n4c(nc3c2)CC(C)CCC4)cc1. The molecule has 0 spiro atoms. The van der Waals surface area contributed by atoms with Crippen molar-refractivity contribution < 1.29 is 4.79 Å². The van der Waals surface area contributed by atoms with Crippen LogP contribution in [0.25, 0.3) is 10.9 Å². The highest BCUT2D eigenvalue weighted by molar-refractivity contribution is 6.06. The van der Waals surface area contributed by atoms with Crippen LogP contribution < -0.4 is 10.9 Å². The Kier molecular flexibility index (Phi) is 4.52. The highest BCUT2D eigenvalue weighted by Gasteiger charge is 2.18. The van der Waals surface area contributed by atoms with E-state index in [-0.39, 0.29) is 11.5 Å². The van der Waals surface area contributed by atoms with E-state index in [1.165, 1.54) is 0 Å². The Balaban J connectivity index is 1.70. The molecule has 1 aromatic heterocycles. The van der Waals surface area contributed by atoms with Crippen LogP contribution in [0.4, 0.5) is 5.69 Å². The minimum atomic E-state index is -0.203. The number of nitrogens with zero attached hydrogens (tertiary/aromatic N) is 2. The number of aryl methyl sites for hydroxylation is 1. The molecule has 2 aromatic carbocycles. The van der Waals surface area contributed by atoms with E-state index in [0.717, 1.165) is 42.9 Å². The first kappa shape index (κ1) is 17.5. The zero-order valence-electron chi connectivity index (χ0n) is 15.7. The second-order valence-electron chi connectivity index (χ2n) is 7.49. The Morgan fingerprint density at radius 1 is 1.19 bits per heavy atom. The lowest BCUT2D eigenvalue weighted by atomic mass is 10.0. The first-order chi connectivity index (χ1) is 13.0. The van der Waals surface area contributed by atoms with Crippen molar-refractivity contribution >= 4 is 22.5 Å². The number of hydrogen-bond donors (Lipinski definition) is 1. The van der Waals surface area contributed by atoms with Gasteiger partial charge >= 0.3 is 0 Å². The molecule has 0 saturated carbocycles. The third kappa shape index (κ3) is 3.50. The number of rotatable bonds is 2. The van der Waals surface area contributed by atoms with Gasteiger partial charge in [-0.25, -0.2) is 4.98 Å². The van der Waals surface area contributed by atoms with E-state index in [4.69, 9.17) is 4.98 Å². The number of carbonyl (C=O) groups excluding carboxylic acids is 1. The highest BCUT2D eigenvalue weighted by atomic mass is 16.1. The molecule has 4 rings (SSSR count). The summed E-state index contributed by atoms with van der Waals surface area (Å²) in [5.74, 6) is 1.13. The van der Waals surface area contributed by atoms with E-state index in [1.807, 2.05) is 31.2 Å². The smallest absolute Gasteiger partial charge is 0.261 e. The van der Waals surface area contributed by atoms with Gasteiger partial charge in [-0.2, -0.15) is 0 Å². The van der Waals surface area contributed by atoms with Crippen molar-refractivity contribution in [3.05, 3.63) is 69.8 Å². The molecular weight excluding hydrogens is 338 g/mol. The van der Waals surface area contributed by atoms with E-state index in [2.05, 4.69) is 12.2 Å². The van der Waals surface area contributed by atoms with Crippen molar-refractivity contribution in [3.63, 3.8) is 0 Å². The average Bonchev–Trinajstić information content (AvgIpc) is 2.84. The van der Waals surface area contributed by atoms with E-state index in [1.54, 1.807) is 22.8 Å². The van der Waals surface area contributed by atoms with Crippen molar-refractivity contribution in [2.24, 2.45) is 5.92 Å². The molecule has 1 amide bonds. The fourth-order valence-corrected chi connectivity index (χ4v) is 3.65. The molecule has 0 aliphatic carbocycles. The normalized spacial score (nSPS) is 16.6. The molecule has 0 fully saturated rings. The van der Waals surface area contributed by atoms with Gasteiger partial charge in [0.05, 0.1) is 10.9 Å². The van der Waals surface area contributed by atoms with Crippen molar-refractivity contribution in [3.8, 4) is 0 Å². The van der Waals surface area contributed by atoms with Crippen LogP contribution in [0, 0.1) is 12.8 Å². The third-order valence-electron chi connectivity index (χ3n) is 5.22. The molecule has 5 nitrogen and oxygen atoms in total. The van der Waals surface area contributed by atoms with Crippen LogP contribution in [-0.4, -0.2) is 15.5 Å². The summed E-state index contributed by atoms with van der Waals surface area (Å²) >= 11 is 0. The van der Waals surface area contributed by atoms with Gasteiger partial charge in [0, 0.05) is 24.2 Å². The van der Waals surface area contributed by atoms with Crippen LogP contribution in [0.3, 0.4) is 0 Å². The number of carbonyl (C=O) groups is 1. The fourth-order valence-electron chi connectivity index (χ4n) is 3.65. The molecule has 1 aliphatic rings. The van der Waals surface area contributed by atoms with Gasteiger partial charge in [0.1, 0.15) is 5.82 Å². The summed E-state index contributed by atoms with van der Waals surface area (Å²) in [4.78, 5) is 30.2. The van der Waals surface area contributed by atoms with E-state index in [0.29, 0.717) is 22.4 Å². The zero-order valence-corrected chi connectivity index (χ0v) is 15.7. The predicted octanol–water partition coefficient (Wildman–Crippen LogP) is 3.93. The predicted molar refractivity (Wildman–Crippen MR) is 107 cm³/mol. The molecule has 2 heterocycles. The van der Waals surface area contributed by atoms with Gasteiger partial charge in [-0.3, -0.25) is 14.2 Å². The van der Waals surface area contributed by atoms with Crippen molar-refractivity contribution in [1.29, 1.82) is 0 Å². The minimum Gasteiger partial charge on any atom is -0.322 e. The molecule has 27 heavy (non-hydrogen) atoms. The summed E-state index contributed by atoms with van der Waals surface area (Å²) in [6.07, 6.45) is 2.90. The number of hydrogen-bond acceptors (Lipinski definition) is 3. The first-order valence-electron chi connectivity index (χ1n) is 9.43. The van der Waals surface area contributed by atoms with Crippen molar-refractivity contribution in [2.45, 2.75) is 39.7 Å². The standard InChI is InChI=1S/C22H23N3O2/c1-14-5-8-17(9-6-14)23-21(26)16-7-10-18-19(13-16)24-20-12-15(2)4-3-11-25(20)22(18)27/h5-10,13,15H,3-4,11-12H2,1-2H3,(H,23,26). The molecule has 0 saturated heterocycles. The van der Waals surface area contributed by atoms with Gasteiger partial charge in [-0.1, -0.05) is 24.6 Å². The second kappa shape index (κ2) is 6.99. The van der Waals surface area contributed by atoms with Gasteiger partial charge in [-0.05, 0) is 56.0 Å². The minimum absolute atomic E-state index is 0.00501. The Labute approximate surface area is 158 Å². The van der Waals surface area contributed by atoms with Crippen LogP contribution in [0.2, 0.25) is 0 Å². The maximum absolute atomic E-state index is 12.9. The monoisotopic (exact) mass is 361 g/mol. The quantitative estimate of drug-likeness (QED) is 0.752. The molecule has 5 heteroatoms. The molecule has 1 unspecified atom stereocenters. The molecule has 138 valence electrons. The van der Waals surface area contributed by atoms with Crippen molar-refractivity contribution in [2.75, 3.05) is 5.32 Å². The largest absolute Gasteiger partial charge is 0.322 e. The number of benzene rings is 2. The number of aromatic nitrogens is 2. The van der Waals surface area contributed by atoms with Crippen LogP contribution in [0.5, 0.6) is 0 Å². The maximum Gasteiger partial charge on any atom is 0.261 e. The molecule has 1 N–H and O–H groups in total. The lowest BCUT2D eigenvalue weighted by molar-refractivity contribution is 0.102. The summed E-state index contributed by atoms with van der Waals surface area (Å²) in [6.45, 7) is 4.91. The Morgan fingerprint density at radius 2 is 1.96 bits per heavy atom. The van der Waals surface area contributed by atoms with Gasteiger partial charge in [-0.15, -0.1) is 0 Å². The van der Waals surface area contributed by atoms with Gasteiger partial charge in [0.25, 0.3) is 11.5 Å². The van der Waals surface area contributed by atoms with E-state index in [9.17, 15) is 9.59 Å². The first-order valence-corrected chi connectivity index (χ1v) is 9.43. The Hall–Kier alpha value is -2.95. The summed E-state index contributed by atoms with van der Waals surface area (Å²) in [5.41, 5.74) is 2.97. The topological polar surface area (TPSA) is 64.0 Å². The Morgan fingerprint density at radius 3 is 2.74 bits per heavy atom. The van der Waals surface area contributed by atoms with Crippen LogP contribution >= 0.6 is 0 Å². The van der Waals surface area contributed by atoms with Gasteiger partial charge < -0.3 is 5.32 Å². The Bertz CT molecular complexity index is 1070. The third-order valence-corrected chi connectivity index (χ3v) is 5.22. The van der Waals surface area contributed by atoms with Crippen molar-refractivity contribution in [1.82, 2.24) is 9.55 Å². The average molecular weight is 361 g/mol. The molecule has 0 bridgehead atoms. The summed E-state index contributed by atoms with van der Waals surface area (Å²) < 4.78 is 1.80. The van der Waals surface area contributed by atoms with Crippen LogP contribution in [-0.2, 0) is 13.0 Å². The summed E-state index contributed by atoms with van der Waals surface area (Å²) in [6, 6.07) is 12.8. The fraction of sp³-hybridized carbons (Fsp3) is 0.318. The summed E-state index contributed by atoms with van der Waals surface area (Å²) in [7, 11) is 0. The number of amides is 1. The van der Waals surface area contributed by atoms with Gasteiger partial charge in [0.2, 0.25) is 0 Å². The molecular formula is C22H23N3O2. The number of anilines is 1. The molecule has 3 aromatic rings. The van der Waals surface area contributed by atoms with Crippen LogP contribution in [0.1, 0.15) is 41.5 Å². The zero-order chi connectivity index (χ0) is 19.0. The highest BCUT2D eigenvalue weighted by Crippen LogP contribution is 2.20. The summed E-state index contributed by atoms with van der Waals surface area (Å²) in [5, 5.41) is 3.46. The number of fused-ring (bicyclic) bond motifs is 2. The van der Waals surface area contributed by atoms with Gasteiger partial charge in [0.15, 0.2) is 0 Å². The molecule has 1 atom stereocenters. The lowest BCUT2D eigenvalue weighted by Crippen LogP contribution is -2.25. The van der Waals surface area contributed by atoms with E-state index < -0.39 is 0 Å². The van der Waals surface area contributed by atoms with Crippen LogP contribution in [0.15, 0.2) is 47.3 Å². The molecule has 1 aliphatic heterocycles. The molecule has 0 radical (unpaired) electrons. The maximum atomic E-state index is 12.9. The number of nitrogens with one attached hydrogen (secondary N) is 1. The van der Waals surface area contributed by atoms with E-state index >= 15 is 0 Å².